The van der Waals surface area contributed by atoms with E-state index in [1.807, 2.05) is 6.92 Å². The molecule has 2 heterocycles. The molecule has 1 aliphatic carbocycles. The van der Waals surface area contributed by atoms with Crippen LogP contribution in [0, 0.1) is 17.6 Å². The van der Waals surface area contributed by atoms with E-state index >= 15 is 0 Å². The Kier molecular flexibility index (Phi) is 8.55. The topological polar surface area (TPSA) is 120 Å². The molecule has 0 bridgehead atoms. The summed E-state index contributed by atoms with van der Waals surface area (Å²) in [5.41, 5.74) is -0.565. The maximum atomic E-state index is 14.8. The summed E-state index contributed by atoms with van der Waals surface area (Å²) in [5.74, 6) is -3.72. The van der Waals surface area contributed by atoms with Gasteiger partial charge in [0.2, 0.25) is 5.82 Å². The Morgan fingerprint density at radius 2 is 1.65 bits per heavy atom. The number of piperidine rings is 1. The van der Waals surface area contributed by atoms with Gasteiger partial charge in [-0.2, -0.15) is 0 Å². The van der Waals surface area contributed by atoms with Gasteiger partial charge >= 0.3 is 12.1 Å². The Balaban J connectivity index is 1.28. The van der Waals surface area contributed by atoms with Crippen LogP contribution >= 0.6 is 0 Å². The number of hydrogen-bond acceptors (Lipinski definition) is 8. The highest BCUT2D eigenvalue weighted by atomic mass is 19.1. The second-order valence-corrected chi connectivity index (χ2v) is 11.4. The molecule has 0 unspecified atom stereocenters. The van der Waals surface area contributed by atoms with E-state index in [1.54, 1.807) is 25.7 Å². The lowest BCUT2D eigenvalue weighted by atomic mass is 9.98. The van der Waals surface area contributed by atoms with Gasteiger partial charge in [-0.15, -0.1) is 0 Å². The summed E-state index contributed by atoms with van der Waals surface area (Å²) in [6.45, 7) is 7.80. The molecule has 40 heavy (non-hydrogen) atoms. The molecular weight excluding hydrogens is 526 g/mol. The quantitative estimate of drug-likeness (QED) is 0.476. The SMILES string of the molecule is CC(C)(C)OC(=O)CNC(=O)c1ncc(-c2cc(F)c(OCC3CCN(C(=O)OC4(C)CC4)CC3)c(F)c2)cn1. The van der Waals surface area contributed by atoms with Crippen LogP contribution in [-0.4, -0.2) is 70.3 Å². The van der Waals surface area contributed by atoms with Gasteiger partial charge in [0.1, 0.15) is 17.7 Å². The molecule has 1 saturated carbocycles. The van der Waals surface area contributed by atoms with Crippen LogP contribution in [0.5, 0.6) is 5.75 Å². The molecule has 2 aromatic rings. The number of ether oxygens (including phenoxy) is 3. The van der Waals surface area contributed by atoms with Gasteiger partial charge in [0.05, 0.1) is 6.61 Å². The normalized spacial score (nSPS) is 16.7. The van der Waals surface area contributed by atoms with E-state index < -0.39 is 34.9 Å². The molecule has 1 aliphatic heterocycles. The summed E-state index contributed by atoms with van der Waals surface area (Å²) in [5, 5.41) is 2.37. The van der Waals surface area contributed by atoms with Crippen molar-refractivity contribution in [3.8, 4) is 16.9 Å². The highest BCUT2D eigenvalue weighted by Gasteiger charge is 2.43. The third-order valence-electron chi connectivity index (χ3n) is 6.62. The van der Waals surface area contributed by atoms with Crippen molar-refractivity contribution in [1.29, 1.82) is 0 Å². The first kappa shape index (κ1) is 29.2. The fourth-order valence-electron chi connectivity index (χ4n) is 4.10. The molecule has 1 aromatic heterocycles. The van der Waals surface area contributed by atoms with Crippen LogP contribution in [0.15, 0.2) is 24.5 Å². The lowest BCUT2D eigenvalue weighted by Crippen LogP contribution is -2.41. The zero-order valence-corrected chi connectivity index (χ0v) is 23.1. The molecule has 0 atom stereocenters. The van der Waals surface area contributed by atoms with Gasteiger partial charge in [-0.05, 0) is 77.0 Å². The van der Waals surface area contributed by atoms with Crippen LogP contribution in [0.4, 0.5) is 13.6 Å². The lowest BCUT2D eigenvalue weighted by Gasteiger charge is -2.32. The van der Waals surface area contributed by atoms with E-state index in [0.717, 1.165) is 25.0 Å². The maximum absolute atomic E-state index is 14.8. The Labute approximate surface area is 231 Å². The molecule has 1 aromatic carbocycles. The van der Waals surface area contributed by atoms with Crippen molar-refractivity contribution in [2.75, 3.05) is 26.2 Å². The number of likely N-dealkylation sites (tertiary alicyclic amines) is 1. The molecule has 12 heteroatoms. The van der Waals surface area contributed by atoms with Gasteiger partial charge < -0.3 is 24.4 Å². The number of hydrogen-bond donors (Lipinski definition) is 1. The second-order valence-electron chi connectivity index (χ2n) is 11.4. The molecule has 2 amide bonds. The van der Waals surface area contributed by atoms with Crippen LogP contribution in [0.2, 0.25) is 0 Å². The summed E-state index contributed by atoms with van der Waals surface area (Å²) in [4.78, 5) is 45.8. The zero-order chi connectivity index (χ0) is 29.1. The Morgan fingerprint density at radius 3 is 2.20 bits per heavy atom. The number of amides is 2. The number of aromatic nitrogens is 2. The van der Waals surface area contributed by atoms with Gasteiger partial charge in [0.25, 0.3) is 5.91 Å². The number of benzene rings is 1. The van der Waals surface area contributed by atoms with Gasteiger partial charge in [-0.3, -0.25) is 9.59 Å². The van der Waals surface area contributed by atoms with Crippen molar-refractivity contribution in [3.05, 3.63) is 42.0 Å². The summed E-state index contributed by atoms with van der Waals surface area (Å²) >= 11 is 0. The van der Waals surface area contributed by atoms with Gasteiger partial charge in [-0.25, -0.2) is 23.5 Å². The lowest BCUT2D eigenvalue weighted by molar-refractivity contribution is -0.153. The summed E-state index contributed by atoms with van der Waals surface area (Å²) in [6.07, 6.45) is 5.24. The molecule has 2 aliphatic rings. The average Bonchev–Trinajstić information content (AvgIpc) is 3.62. The van der Waals surface area contributed by atoms with Crippen molar-refractivity contribution < 1.29 is 37.4 Å². The Bertz CT molecular complexity index is 1230. The number of carbonyl (C=O) groups is 3. The highest BCUT2D eigenvalue weighted by molar-refractivity contribution is 5.92. The van der Waals surface area contributed by atoms with E-state index in [0.29, 0.717) is 25.9 Å². The van der Waals surface area contributed by atoms with E-state index in [-0.39, 0.29) is 47.7 Å². The average molecular weight is 561 g/mol. The second kappa shape index (κ2) is 11.7. The van der Waals surface area contributed by atoms with E-state index in [2.05, 4.69) is 15.3 Å². The summed E-state index contributed by atoms with van der Waals surface area (Å²) in [6, 6.07) is 2.22. The van der Waals surface area contributed by atoms with Crippen molar-refractivity contribution in [2.45, 2.75) is 64.6 Å². The van der Waals surface area contributed by atoms with Gasteiger partial charge in [0, 0.05) is 31.0 Å². The molecule has 216 valence electrons. The number of nitrogens with zero attached hydrogens (tertiary/aromatic N) is 3. The third-order valence-corrected chi connectivity index (χ3v) is 6.62. The molecular formula is C28H34F2N4O6. The fraction of sp³-hybridized carbons (Fsp3) is 0.536. The minimum atomic E-state index is -0.882. The predicted octanol–water partition coefficient (Wildman–Crippen LogP) is 4.27. The maximum Gasteiger partial charge on any atom is 0.410 e. The first-order chi connectivity index (χ1) is 18.8. The number of esters is 1. The van der Waals surface area contributed by atoms with Crippen molar-refractivity contribution in [2.24, 2.45) is 5.92 Å². The molecule has 0 spiro atoms. The molecule has 2 fully saturated rings. The first-order valence-electron chi connectivity index (χ1n) is 13.2. The molecule has 1 N–H and O–H groups in total. The Hall–Kier alpha value is -3.83. The monoisotopic (exact) mass is 560 g/mol. The van der Waals surface area contributed by atoms with Crippen LogP contribution in [-0.2, 0) is 14.3 Å². The van der Waals surface area contributed by atoms with E-state index in [1.165, 1.54) is 12.4 Å². The van der Waals surface area contributed by atoms with Crippen LogP contribution in [0.1, 0.15) is 64.0 Å². The predicted molar refractivity (Wildman–Crippen MR) is 139 cm³/mol. The Morgan fingerprint density at radius 1 is 1.05 bits per heavy atom. The zero-order valence-electron chi connectivity index (χ0n) is 23.1. The summed E-state index contributed by atoms with van der Waals surface area (Å²) < 4.78 is 45.7. The van der Waals surface area contributed by atoms with Crippen molar-refractivity contribution >= 4 is 18.0 Å². The molecule has 10 nitrogen and oxygen atoms in total. The standard InChI is InChI=1S/C28H34F2N4O6/c1-27(2,3)39-22(35)15-33-25(36)24-31-13-19(14-32-24)18-11-20(29)23(21(30)12-18)38-16-17-5-9-34(10-6-17)26(37)40-28(4)7-8-28/h11-14,17H,5-10,15-16H2,1-4H3,(H,33,36). The van der Waals surface area contributed by atoms with Gasteiger partial charge in [-0.1, -0.05) is 0 Å². The number of halogens is 2. The fourth-order valence-corrected chi connectivity index (χ4v) is 4.10. The molecule has 4 rings (SSSR count). The van der Waals surface area contributed by atoms with Crippen molar-refractivity contribution in [1.82, 2.24) is 20.2 Å². The summed E-state index contributed by atoms with van der Waals surface area (Å²) in [7, 11) is 0. The molecule has 0 radical (unpaired) electrons. The largest absolute Gasteiger partial charge is 0.487 e. The van der Waals surface area contributed by atoms with Gasteiger partial charge in [0.15, 0.2) is 17.4 Å². The minimum Gasteiger partial charge on any atom is -0.487 e. The number of carbonyl (C=O) groups excluding carboxylic acids is 3. The van der Waals surface area contributed by atoms with E-state index in [4.69, 9.17) is 14.2 Å². The minimum absolute atomic E-state index is 0.0430. The van der Waals surface area contributed by atoms with Crippen molar-refractivity contribution in [3.63, 3.8) is 0 Å². The molecule has 1 saturated heterocycles. The van der Waals surface area contributed by atoms with E-state index in [9.17, 15) is 23.2 Å². The third kappa shape index (κ3) is 7.86. The number of nitrogens with one attached hydrogen (secondary N) is 1. The highest BCUT2D eigenvalue weighted by Crippen LogP contribution is 2.39. The number of rotatable bonds is 8. The first-order valence-corrected chi connectivity index (χ1v) is 13.2. The van der Waals surface area contributed by atoms with Crippen LogP contribution in [0.25, 0.3) is 11.1 Å². The van der Waals surface area contributed by atoms with Crippen LogP contribution in [0.3, 0.4) is 0 Å². The van der Waals surface area contributed by atoms with Crippen LogP contribution < -0.4 is 10.1 Å². The smallest absolute Gasteiger partial charge is 0.410 e.